The van der Waals surface area contributed by atoms with Gasteiger partial charge in [0.25, 0.3) is 0 Å². The number of sulfonamides is 1. The van der Waals surface area contributed by atoms with Gasteiger partial charge in [0.05, 0.1) is 5.02 Å². The van der Waals surface area contributed by atoms with Crippen molar-refractivity contribution in [2.75, 3.05) is 13.1 Å². The van der Waals surface area contributed by atoms with E-state index in [9.17, 15) is 8.42 Å². The number of rotatable bonds is 5. The Morgan fingerprint density at radius 2 is 2.10 bits per heavy atom. The zero-order valence-electron chi connectivity index (χ0n) is 12.1. The summed E-state index contributed by atoms with van der Waals surface area (Å²) in [5, 5.41) is 3.91. The minimum atomic E-state index is -3.63. The summed E-state index contributed by atoms with van der Waals surface area (Å²) in [6.45, 7) is 5.14. The molecule has 2 rings (SSSR count). The molecule has 1 heterocycles. The van der Waals surface area contributed by atoms with Gasteiger partial charge in [-0.1, -0.05) is 23.2 Å². The van der Waals surface area contributed by atoms with Crippen LogP contribution < -0.4 is 5.32 Å². The maximum Gasteiger partial charge on any atom is 0.244 e. The lowest BCUT2D eigenvalue weighted by Crippen LogP contribution is -2.44. The minimum absolute atomic E-state index is 0.111. The first-order valence-electron chi connectivity index (χ1n) is 7.02. The van der Waals surface area contributed by atoms with E-state index in [0.29, 0.717) is 11.6 Å². The Bertz CT molecular complexity index is 599. The molecule has 0 bridgehead atoms. The number of benzene rings is 1. The molecular formula is C14H20Cl2N2O2S. The van der Waals surface area contributed by atoms with Crippen molar-refractivity contribution in [3.63, 3.8) is 0 Å². The molecule has 4 nitrogen and oxygen atoms in total. The first kappa shape index (κ1) is 17.0. The van der Waals surface area contributed by atoms with E-state index >= 15 is 0 Å². The molecule has 1 aromatic rings. The summed E-state index contributed by atoms with van der Waals surface area (Å²) in [4.78, 5) is 0.111. The third-order valence-corrected chi connectivity index (χ3v) is 6.38. The average molecular weight is 351 g/mol. The molecule has 1 aromatic carbocycles. The third kappa shape index (κ3) is 3.90. The van der Waals surface area contributed by atoms with Crippen LogP contribution in [0.2, 0.25) is 10.0 Å². The predicted molar refractivity (Wildman–Crippen MR) is 86.5 cm³/mol. The lowest BCUT2D eigenvalue weighted by molar-refractivity contribution is 0.322. The Hall–Kier alpha value is -0.330. The monoisotopic (exact) mass is 350 g/mol. The number of halogens is 2. The van der Waals surface area contributed by atoms with Crippen molar-refractivity contribution >= 4 is 33.2 Å². The highest BCUT2D eigenvalue weighted by molar-refractivity contribution is 7.89. The molecule has 0 spiro atoms. The van der Waals surface area contributed by atoms with Gasteiger partial charge in [0, 0.05) is 23.7 Å². The summed E-state index contributed by atoms with van der Waals surface area (Å²) in [5.74, 6) is 0. The first-order valence-corrected chi connectivity index (χ1v) is 9.22. The van der Waals surface area contributed by atoms with Gasteiger partial charge in [0.1, 0.15) is 4.90 Å². The van der Waals surface area contributed by atoms with Gasteiger partial charge >= 0.3 is 0 Å². The van der Waals surface area contributed by atoms with Crippen LogP contribution in [-0.4, -0.2) is 37.9 Å². The van der Waals surface area contributed by atoms with E-state index < -0.39 is 10.0 Å². The summed E-state index contributed by atoms with van der Waals surface area (Å²) >= 11 is 11.9. The topological polar surface area (TPSA) is 49.4 Å². The lowest BCUT2D eigenvalue weighted by Gasteiger charge is -2.29. The van der Waals surface area contributed by atoms with Gasteiger partial charge in [-0.05, 0) is 51.4 Å². The van der Waals surface area contributed by atoms with Gasteiger partial charge in [-0.2, -0.15) is 4.31 Å². The molecule has 0 aromatic heterocycles. The second kappa shape index (κ2) is 6.84. The van der Waals surface area contributed by atoms with Crippen LogP contribution in [-0.2, 0) is 10.0 Å². The van der Waals surface area contributed by atoms with E-state index in [2.05, 4.69) is 5.32 Å². The Morgan fingerprint density at radius 1 is 1.38 bits per heavy atom. The molecule has 0 saturated carbocycles. The molecule has 21 heavy (non-hydrogen) atoms. The normalized spacial score (nSPS) is 19.6. The zero-order valence-corrected chi connectivity index (χ0v) is 14.5. The van der Waals surface area contributed by atoms with Gasteiger partial charge in [0.2, 0.25) is 10.0 Å². The Balaban J connectivity index is 2.32. The first-order chi connectivity index (χ1) is 9.82. The van der Waals surface area contributed by atoms with Crippen LogP contribution in [0.25, 0.3) is 0 Å². The molecule has 1 aliphatic heterocycles. The number of nitrogens with one attached hydrogen (secondary N) is 1. The van der Waals surface area contributed by atoms with Crippen LogP contribution in [0.15, 0.2) is 23.1 Å². The molecule has 1 N–H and O–H groups in total. The fourth-order valence-electron chi connectivity index (χ4n) is 2.53. The second-order valence-corrected chi connectivity index (χ2v) is 8.24. The molecule has 0 amide bonds. The van der Waals surface area contributed by atoms with Gasteiger partial charge < -0.3 is 5.32 Å². The van der Waals surface area contributed by atoms with Crippen LogP contribution in [0.4, 0.5) is 0 Å². The molecule has 0 radical (unpaired) electrons. The van der Waals surface area contributed by atoms with Crippen LogP contribution in [0.3, 0.4) is 0 Å². The van der Waals surface area contributed by atoms with Gasteiger partial charge in [-0.3, -0.25) is 0 Å². The van der Waals surface area contributed by atoms with Crippen LogP contribution >= 0.6 is 23.2 Å². The van der Waals surface area contributed by atoms with E-state index in [1.54, 1.807) is 6.07 Å². The number of hydrogen-bond donors (Lipinski definition) is 1. The maximum atomic E-state index is 12.9. The van der Waals surface area contributed by atoms with Crippen molar-refractivity contribution in [3.8, 4) is 0 Å². The molecule has 1 atom stereocenters. The Kier molecular flexibility index (Phi) is 5.54. The molecule has 118 valence electrons. The quantitative estimate of drug-likeness (QED) is 0.887. The van der Waals surface area contributed by atoms with Crippen LogP contribution in [0.1, 0.15) is 26.7 Å². The fraction of sp³-hybridized carbons (Fsp3) is 0.571. The fourth-order valence-corrected chi connectivity index (χ4v) is 4.96. The smallest absolute Gasteiger partial charge is 0.244 e. The van der Waals surface area contributed by atoms with Crippen LogP contribution in [0.5, 0.6) is 0 Å². The molecule has 1 fully saturated rings. The predicted octanol–water partition coefficient (Wildman–Crippen LogP) is 3.14. The van der Waals surface area contributed by atoms with E-state index in [0.717, 1.165) is 19.4 Å². The molecular weight excluding hydrogens is 331 g/mol. The average Bonchev–Trinajstić information content (AvgIpc) is 2.87. The summed E-state index contributed by atoms with van der Waals surface area (Å²) in [6, 6.07) is 4.55. The van der Waals surface area contributed by atoms with Crippen molar-refractivity contribution in [3.05, 3.63) is 28.2 Å². The summed E-state index contributed by atoms with van der Waals surface area (Å²) in [5.41, 5.74) is 0. The van der Waals surface area contributed by atoms with E-state index in [-0.39, 0.29) is 22.0 Å². The minimum Gasteiger partial charge on any atom is -0.313 e. The highest BCUT2D eigenvalue weighted by Crippen LogP contribution is 2.29. The lowest BCUT2D eigenvalue weighted by atomic mass is 10.2. The number of hydrogen-bond acceptors (Lipinski definition) is 3. The highest BCUT2D eigenvalue weighted by Gasteiger charge is 2.31. The van der Waals surface area contributed by atoms with Crippen molar-refractivity contribution < 1.29 is 8.42 Å². The highest BCUT2D eigenvalue weighted by atomic mass is 35.5. The van der Waals surface area contributed by atoms with Crippen molar-refractivity contribution in [1.82, 2.24) is 9.62 Å². The molecule has 1 saturated heterocycles. The van der Waals surface area contributed by atoms with Gasteiger partial charge in [0.15, 0.2) is 0 Å². The second-order valence-electron chi connectivity index (χ2n) is 5.54. The molecule has 7 heteroatoms. The van der Waals surface area contributed by atoms with Crippen molar-refractivity contribution in [2.24, 2.45) is 0 Å². The SMILES string of the molecule is CC(C)N(C[C@@H]1CCCN1)S(=O)(=O)c1ccc(Cl)cc1Cl. The summed E-state index contributed by atoms with van der Waals surface area (Å²) in [7, 11) is -3.63. The third-order valence-electron chi connectivity index (χ3n) is 3.62. The molecule has 0 aliphatic carbocycles. The van der Waals surface area contributed by atoms with Gasteiger partial charge in [-0.15, -0.1) is 0 Å². The molecule has 1 aliphatic rings. The standard InChI is InChI=1S/C14H20Cl2N2O2S/c1-10(2)18(9-12-4-3-7-17-12)21(19,20)14-6-5-11(15)8-13(14)16/h5-6,8,10,12,17H,3-4,7,9H2,1-2H3/t12-/m0/s1. The maximum absolute atomic E-state index is 12.9. The molecule has 0 unspecified atom stereocenters. The van der Waals surface area contributed by atoms with Crippen LogP contribution in [0, 0.1) is 0 Å². The van der Waals surface area contributed by atoms with E-state index in [1.165, 1.54) is 16.4 Å². The van der Waals surface area contributed by atoms with Crippen molar-refractivity contribution in [1.29, 1.82) is 0 Å². The van der Waals surface area contributed by atoms with Crippen molar-refractivity contribution in [2.45, 2.75) is 43.7 Å². The zero-order chi connectivity index (χ0) is 15.6. The van der Waals surface area contributed by atoms with E-state index in [1.807, 2.05) is 13.8 Å². The largest absolute Gasteiger partial charge is 0.313 e. The Labute approximate surface area is 136 Å². The Morgan fingerprint density at radius 3 is 2.62 bits per heavy atom. The number of nitrogens with zero attached hydrogens (tertiary/aromatic N) is 1. The summed E-state index contributed by atoms with van der Waals surface area (Å²) in [6.07, 6.45) is 2.07. The van der Waals surface area contributed by atoms with Gasteiger partial charge in [-0.25, -0.2) is 8.42 Å². The van der Waals surface area contributed by atoms with E-state index in [4.69, 9.17) is 23.2 Å². The summed E-state index contributed by atoms with van der Waals surface area (Å²) < 4.78 is 27.2.